The number of ether oxygens (including phenoxy) is 2. The van der Waals surface area contributed by atoms with Crippen LogP contribution in [0.25, 0.3) is 11.3 Å². The third-order valence-corrected chi connectivity index (χ3v) is 4.45. The molecule has 2 aromatic rings. The molecule has 0 atom stereocenters. The molecule has 5 nitrogen and oxygen atoms in total. The van der Waals surface area contributed by atoms with Crippen molar-refractivity contribution in [3.8, 4) is 17.0 Å². The van der Waals surface area contributed by atoms with E-state index in [1.54, 1.807) is 19.2 Å². The fourth-order valence-electron chi connectivity index (χ4n) is 3.03. The van der Waals surface area contributed by atoms with Gasteiger partial charge in [-0.3, -0.25) is 5.10 Å². The van der Waals surface area contributed by atoms with Crippen LogP contribution in [0.3, 0.4) is 0 Å². The zero-order valence-corrected chi connectivity index (χ0v) is 16.8. The maximum absolute atomic E-state index is 13.7. The molecule has 0 bridgehead atoms. The number of unbranched alkanes of at least 4 members (excludes halogenated alkanes) is 1. The first-order chi connectivity index (χ1) is 13.3. The van der Waals surface area contributed by atoms with Crippen LogP contribution in [-0.2, 0) is 17.5 Å². The number of nitrogens with one attached hydrogen (secondary N) is 1. The molecule has 2 rings (SSSR count). The standard InChI is InChI=1S/C20H28F3N3O2/c1-5-6-7-26(3)13-16-12-24-25-18(16)15-10-14(2)19(28-9-8-27-4)17(11-15)20(21,22)23/h10-12H,5-9,13H2,1-4H3,(H,24,25). The molecule has 1 heterocycles. The molecule has 156 valence electrons. The molecule has 1 aromatic carbocycles. The van der Waals surface area contributed by atoms with Gasteiger partial charge < -0.3 is 14.4 Å². The molecular formula is C20H28F3N3O2. The molecule has 0 amide bonds. The lowest BCUT2D eigenvalue weighted by Crippen LogP contribution is -2.19. The molecule has 28 heavy (non-hydrogen) atoms. The Bertz CT molecular complexity index is 760. The van der Waals surface area contributed by atoms with Crippen LogP contribution in [0.5, 0.6) is 5.75 Å². The van der Waals surface area contributed by atoms with E-state index in [0.717, 1.165) is 31.0 Å². The maximum atomic E-state index is 13.7. The molecule has 8 heteroatoms. The summed E-state index contributed by atoms with van der Waals surface area (Å²) in [4.78, 5) is 2.14. The van der Waals surface area contributed by atoms with E-state index in [2.05, 4.69) is 22.0 Å². The Hall–Kier alpha value is -2.06. The van der Waals surface area contributed by atoms with Crippen molar-refractivity contribution < 1.29 is 22.6 Å². The minimum absolute atomic E-state index is 0.0529. The predicted molar refractivity (Wildman–Crippen MR) is 102 cm³/mol. The zero-order valence-electron chi connectivity index (χ0n) is 16.8. The first-order valence-corrected chi connectivity index (χ1v) is 9.32. The number of aromatic nitrogens is 2. The van der Waals surface area contributed by atoms with Crippen LogP contribution in [0.1, 0.15) is 36.5 Å². The van der Waals surface area contributed by atoms with Crippen molar-refractivity contribution in [3.05, 3.63) is 35.0 Å². The Labute approximate surface area is 163 Å². The lowest BCUT2D eigenvalue weighted by molar-refractivity contribution is -0.139. The topological polar surface area (TPSA) is 50.4 Å². The average molecular weight is 399 g/mol. The van der Waals surface area contributed by atoms with Gasteiger partial charge in [-0.05, 0) is 44.6 Å². The molecule has 0 fully saturated rings. The van der Waals surface area contributed by atoms with E-state index in [4.69, 9.17) is 9.47 Å². The van der Waals surface area contributed by atoms with Crippen molar-refractivity contribution in [2.24, 2.45) is 0 Å². The summed E-state index contributed by atoms with van der Waals surface area (Å²) >= 11 is 0. The van der Waals surface area contributed by atoms with Crippen molar-refractivity contribution in [2.75, 3.05) is 33.9 Å². The Morgan fingerprint density at radius 3 is 2.61 bits per heavy atom. The number of halogens is 3. The Balaban J connectivity index is 2.37. The summed E-state index contributed by atoms with van der Waals surface area (Å²) in [6.07, 6.45) is -0.708. The van der Waals surface area contributed by atoms with E-state index >= 15 is 0 Å². The second-order valence-corrected chi connectivity index (χ2v) is 6.87. The molecule has 0 saturated carbocycles. The Morgan fingerprint density at radius 2 is 1.96 bits per heavy atom. The van der Waals surface area contributed by atoms with Crippen LogP contribution in [-0.4, -0.2) is 49.0 Å². The van der Waals surface area contributed by atoms with Crippen LogP contribution >= 0.6 is 0 Å². The van der Waals surface area contributed by atoms with Gasteiger partial charge in [0.1, 0.15) is 12.4 Å². The summed E-state index contributed by atoms with van der Waals surface area (Å²) in [6, 6.07) is 2.82. The quantitative estimate of drug-likeness (QED) is 0.591. The highest BCUT2D eigenvalue weighted by Gasteiger charge is 2.36. The first kappa shape index (κ1) is 22.2. The van der Waals surface area contributed by atoms with Gasteiger partial charge in [-0.1, -0.05) is 13.3 Å². The maximum Gasteiger partial charge on any atom is 0.419 e. The van der Waals surface area contributed by atoms with Gasteiger partial charge in [0.2, 0.25) is 0 Å². The summed E-state index contributed by atoms with van der Waals surface area (Å²) in [5.41, 5.74) is 1.53. The van der Waals surface area contributed by atoms with E-state index in [1.165, 1.54) is 7.11 Å². The van der Waals surface area contributed by atoms with Gasteiger partial charge in [0.05, 0.1) is 24.1 Å². The normalized spacial score (nSPS) is 12.0. The number of rotatable bonds is 10. The Morgan fingerprint density at radius 1 is 1.21 bits per heavy atom. The predicted octanol–water partition coefficient (Wildman–Crippen LogP) is 4.66. The summed E-state index contributed by atoms with van der Waals surface area (Å²) in [7, 11) is 3.47. The van der Waals surface area contributed by atoms with Crippen molar-refractivity contribution in [2.45, 2.75) is 39.4 Å². The van der Waals surface area contributed by atoms with Crippen molar-refractivity contribution >= 4 is 0 Å². The summed E-state index contributed by atoms with van der Waals surface area (Å²) < 4.78 is 51.2. The van der Waals surface area contributed by atoms with Gasteiger partial charge in [0, 0.05) is 24.8 Å². The minimum Gasteiger partial charge on any atom is -0.490 e. The van der Waals surface area contributed by atoms with Gasteiger partial charge in [0.15, 0.2) is 0 Å². The number of benzene rings is 1. The molecule has 0 aliphatic heterocycles. The molecule has 0 unspecified atom stereocenters. The van der Waals surface area contributed by atoms with Crippen LogP contribution < -0.4 is 4.74 Å². The number of H-pyrrole nitrogens is 1. The Kier molecular flexibility index (Phi) is 7.88. The van der Waals surface area contributed by atoms with E-state index < -0.39 is 11.7 Å². The van der Waals surface area contributed by atoms with Gasteiger partial charge in [-0.25, -0.2) is 0 Å². The summed E-state index contributed by atoms with van der Waals surface area (Å²) in [6.45, 7) is 5.53. The van der Waals surface area contributed by atoms with Crippen LogP contribution in [0.4, 0.5) is 13.2 Å². The van der Waals surface area contributed by atoms with E-state index in [9.17, 15) is 13.2 Å². The highest BCUT2D eigenvalue weighted by molar-refractivity contribution is 5.67. The fourth-order valence-corrected chi connectivity index (χ4v) is 3.03. The van der Waals surface area contributed by atoms with Crippen LogP contribution in [0, 0.1) is 6.92 Å². The second-order valence-electron chi connectivity index (χ2n) is 6.87. The lowest BCUT2D eigenvalue weighted by atomic mass is 10.00. The van der Waals surface area contributed by atoms with Crippen molar-refractivity contribution in [1.29, 1.82) is 0 Å². The average Bonchev–Trinajstić information content (AvgIpc) is 3.08. The van der Waals surface area contributed by atoms with Gasteiger partial charge in [0.25, 0.3) is 0 Å². The zero-order chi connectivity index (χ0) is 20.7. The van der Waals surface area contributed by atoms with Gasteiger partial charge >= 0.3 is 6.18 Å². The monoisotopic (exact) mass is 399 g/mol. The molecular weight excluding hydrogens is 371 g/mol. The molecule has 1 aromatic heterocycles. The van der Waals surface area contributed by atoms with Crippen LogP contribution in [0.15, 0.2) is 18.3 Å². The van der Waals surface area contributed by atoms with Crippen molar-refractivity contribution in [1.82, 2.24) is 15.1 Å². The highest BCUT2D eigenvalue weighted by atomic mass is 19.4. The fraction of sp³-hybridized carbons (Fsp3) is 0.550. The molecule has 0 aliphatic rings. The third-order valence-electron chi connectivity index (χ3n) is 4.45. The third kappa shape index (κ3) is 5.72. The number of aryl methyl sites for hydroxylation is 1. The molecule has 1 N–H and O–H groups in total. The summed E-state index contributed by atoms with van der Waals surface area (Å²) in [5.74, 6) is -0.158. The van der Waals surface area contributed by atoms with E-state index in [-0.39, 0.29) is 19.0 Å². The lowest BCUT2D eigenvalue weighted by Gasteiger charge is -2.19. The molecule has 0 radical (unpaired) electrons. The van der Waals surface area contributed by atoms with E-state index in [0.29, 0.717) is 23.4 Å². The highest BCUT2D eigenvalue weighted by Crippen LogP contribution is 2.41. The number of hydrogen-bond donors (Lipinski definition) is 1. The summed E-state index contributed by atoms with van der Waals surface area (Å²) in [5, 5.41) is 6.91. The SMILES string of the molecule is CCCCN(C)Cc1cn[nH]c1-c1cc(C)c(OCCOC)c(C(F)(F)F)c1. The number of alkyl halides is 3. The second kappa shape index (κ2) is 9.93. The van der Waals surface area contributed by atoms with Crippen molar-refractivity contribution in [3.63, 3.8) is 0 Å². The number of hydrogen-bond acceptors (Lipinski definition) is 4. The largest absolute Gasteiger partial charge is 0.490 e. The number of methoxy groups -OCH3 is 1. The van der Waals surface area contributed by atoms with Gasteiger partial charge in [-0.15, -0.1) is 0 Å². The first-order valence-electron chi connectivity index (χ1n) is 9.32. The molecule has 0 spiro atoms. The number of aromatic amines is 1. The molecule has 0 aliphatic carbocycles. The molecule has 0 saturated heterocycles. The van der Waals surface area contributed by atoms with Crippen LogP contribution in [0.2, 0.25) is 0 Å². The van der Waals surface area contributed by atoms with E-state index in [1.807, 2.05) is 7.05 Å². The van der Waals surface area contributed by atoms with Gasteiger partial charge in [-0.2, -0.15) is 18.3 Å². The minimum atomic E-state index is -4.53. The number of nitrogens with zero attached hydrogens (tertiary/aromatic N) is 2. The smallest absolute Gasteiger partial charge is 0.419 e.